The van der Waals surface area contributed by atoms with Gasteiger partial charge in [-0.2, -0.15) is 0 Å². The fourth-order valence-corrected chi connectivity index (χ4v) is 7.68. The molecule has 34 heavy (non-hydrogen) atoms. The minimum atomic E-state index is 0.0348. The molecule has 0 aliphatic heterocycles. The summed E-state index contributed by atoms with van der Waals surface area (Å²) in [5, 5.41) is 5.59. The summed E-state index contributed by atoms with van der Waals surface area (Å²) in [6, 6.07) is 29.8. The van der Waals surface area contributed by atoms with E-state index in [1.54, 1.807) is 0 Å². The Morgan fingerprint density at radius 3 is 2.06 bits per heavy atom. The molecule has 2 aromatic heterocycles. The quantitative estimate of drug-likeness (QED) is 0.237. The van der Waals surface area contributed by atoms with E-state index in [9.17, 15) is 0 Å². The summed E-state index contributed by atoms with van der Waals surface area (Å²) >= 11 is 3.84. The number of hydrogen-bond acceptors (Lipinski definition) is 2. The molecule has 0 fully saturated rings. The molecule has 0 aliphatic carbocycles. The Balaban J connectivity index is 1.42. The van der Waals surface area contributed by atoms with Crippen LogP contribution in [0.15, 0.2) is 78.9 Å². The van der Waals surface area contributed by atoms with Gasteiger partial charge in [0.1, 0.15) is 0 Å². The van der Waals surface area contributed by atoms with Crippen molar-refractivity contribution in [2.75, 3.05) is 0 Å². The van der Waals surface area contributed by atoms with Crippen LogP contribution < -0.4 is 0 Å². The zero-order valence-corrected chi connectivity index (χ0v) is 22.2. The largest absolute Gasteiger partial charge is 0.135 e. The second-order valence-electron chi connectivity index (χ2n) is 11.2. The Hall–Kier alpha value is -2.68. The average Bonchev–Trinajstić information content (AvgIpc) is 3.35. The lowest BCUT2D eigenvalue weighted by atomic mass is 9.77. The van der Waals surface area contributed by atoms with Gasteiger partial charge in [0.2, 0.25) is 0 Å². The molecule has 0 amide bonds. The molecule has 0 radical (unpaired) electrons. The van der Waals surface area contributed by atoms with Crippen molar-refractivity contribution in [1.29, 1.82) is 0 Å². The first-order chi connectivity index (χ1) is 16.2. The Morgan fingerprint density at radius 1 is 0.588 bits per heavy atom. The Bertz CT molecular complexity index is 1690. The molecular formula is C32H30S2. The summed E-state index contributed by atoms with van der Waals surface area (Å²) in [7, 11) is 0. The lowest BCUT2D eigenvalue weighted by Gasteiger charge is -2.27. The van der Waals surface area contributed by atoms with Crippen molar-refractivity contribution in [1.82, 2.24) is 0 Å². The predicted molar refractivity (Wildman–Crippen MR) is 154 cm³/mol. The maximum absolute atomic E-state index is 2.43. The van der Waals surface area contributed by atoms with E-state index in [1.165, 1.54) is 57.0 Å². The highest BCUT2D eigenvalue weighted by Gasteiger charge is 2.25. The van der Waals surface area contributed by atoms with E-state index in [0.29, 0.717) is 0 Å². The predicted octanol–water partition coefficient (Wildman–Crippen LogP) is 10.2. The van der Waals surface area contributed by atoms with Crippen LogP contribution >= 0.6 is 22.7 Å². The van der Waals surface area contributed by atoms with Crippen molar-refractivity contribution in [3.8, 4) is 0 Å². The molecule has 2 heteroatoms. The second kappa shape index (κ2) is 7.66. The van der Waals surface area contributed by atoms with Gasteiger partial charge in [0.15, 0.2) is 0 Å². The average molecular weight is 479 g/mol. The molecule has 0 aliphatic rings. The van der Waals surface area contributed by atoms with E-state index in [2.05, 4.69) is 113 Å². The van der Waals surface area contributed by atoms with E-state index < -0.39 is 0 Å². The first kappa shape index (κ1) is 21.8. The number of benzene rings is 4. The molecule has 0 saturated carbocycles. The summed E-state index contributed by atoms with van der Waals surface area (Å²) < 4.78 is 5.56. The third kappa shape index (κ3) is 3.56. The van der Waals surface area contributed by atoms with Gasteiger partial charge >= 0.3 is 0 Å². The topological polar surface area (TPSA) is 0 Å². The number of rotatable bonds is 3. The maximum atomic E-state index is 2.43. The van der Waals surface area contributed by atoms with Gasteiger partial charge in [-0.1, -0.05) is 89.2 Å². The molecule has 0 nitrogen and oxygen atoms in total. The van der Waals surface area contributed by atoms with Gasteiger partial charge in [-0.15, -0.1) is 22.7 Å². The molecule has 170 valence electrons. The SMILES string of the molecule is CC(C)(C)c1ccc2c(c1)sc1cc(CC(C)(C)c3cccc4sc5ccccc5c34)ccc12. The van der Waals surface area contributed by atoms with Crippen molar-refractivity contribution in [2.45, 2.75) is 51.9 Å². The number of hydrogen-bond donors (Lipinski definition) is 0. The molecule has 4 aromatic carbocycles. The fraction of sp³-hybridized carbons (Fsp3) is 0.250. The number of fused-ring (bicyclic) bond motifs is 6. The summed E-state index contributed by atoms with van der Waals surface area (Å²) in [6.45, 7) is 11.7. The molecule has 2 heterocycles. The molecule has 0 spiro atoms. The van der Waals surface area contributed by atoms with E-state index in [4.69, 9.17) is 0 Å². The van der Waals surface area contributed by atoms with Crippen LogP contribution in [0.2, 0.25) is 0 Å². The van der Waals surface area contributed by atoms with Crippen LogP contribution in [-0.4, -0.2) is 0 Å². The Kier molecular flexibility index (Phi) is 4.92. The zero-order valence-electron chi connectivity index (χ0n) is 20.5. The zero-order chi connectivity index (χ0) is 23.7. The van der Waals surface area contributed by atoms with Crippen LogP contribution in [0.25, 0.3) is 40.3 Å². The van der Waals surface area contributed by atoms with Crippen LogP contribution in [0, 0.1) is 0 Å². The van der Waals surface area contributed by atoms with E-state index >= 15 is 0 Å². The maximum Gasteiger partial charge on any atom is 0.0358 e. The van der Waals surface area contributed by atoms with Gasteiger partial charge in [-0.05, 0) is 58.2 Å². The van der Waals surface area contributed by atoms with E-state index in [-0.39, 0.29) is 10.8 Å². The van der Waals surface area contributed by atoms with Crippen molar-refractivity contribution < 1.29 is 0 Å². The number of thiophene rings is 2. The monoisotopic (exact) mass is 478 g/mol. The van der Waals surface area contributed by atoms with Crippen molar-refractivity contribution in [2.24, 2.45) is 0 Å². The summed E-state index contributed by atoms with van der Waals surface area (Å²) in [6.07, 6.45) is 1.02. The molecule has 0 saturated heterocycles. The third-order valence-corrected chi connectivity index (χ3v) is 9.43. The summed E-state index contributed by atoms with van der Waals surface area (Å²) in [5.74, 6) is 0. The van der Waals surface area contributed by atoms with Crippen molar-refractivity contribution in [3.05, 3.63) is 95.6 Å². The Labute approximate surface area is 209 Å². The molecule has 0 atom stereocenters. The second-order valence-corrected chi connectivity index (χ2v) is 13.4. The van der Waals surface area contributed by atoms with Crippen LogP contribution in [0.5, 0.6) is 0 Å². The normalized spacial score (nSPS) is 13.0. The molecule has 6 rings (SSSR count). The van der Waals surface area contributed by atoms with Gasteiger partial charge in [0.25, 0.3) is 0 Å². The minimum Gasteiger partial charge on any atom is -0.135 e. The third-order valence-electron chi connectivity index (χ3n) is 7.18. The van der Waals surface area contributed by atoms with Crippen LogP contribution in [-0.2, 0) is 17.3 Å². The highest BCUT2D eigenvalue weighted by atomic mass is 32.1. The molecule has 0 unspecified atom stereocenters. The van der Waals surface area contributed by atoms with Crippen molar-refractivity contribution >= 4 is 63.0 Å². The van der Waals surface area contributed by atoms with Gasteiger partial charge < -0.3 is 0 Å². The summed E-state index contributed by atoms with van der Waals surface area (Å²) in [4.78, 5) is 0. The molecule has 0 N–H and O–H groups in total. The van der Waals surface area contributed by atoms with E-state index in [1.807, 2.05) is 22.7 Å². The standard InChI is InChI=1S/C32H30S2/c1-31(2,3)21-14-16-23-22-15-13-20(17-28(22)34-29(23)18-21)19-32(4,5)25-10-8-12-27-30(25)24-9-6-7-11-26(24)33-27/h6-18H,19H2,1-5H3. The van der Waals surface area contributed by atoms with Crippen LogP contribution in [0.1, 0.15) is 51.3 Å². The van der Waals surface area contributed by atoms with Gasteiger partial charge in [0.05, 0.1) is 0 Å². The first-order valence-corrected chi connectivity index (χ1v) is 13.7. The Morgan fingerprint density at radius 2 is 1.26 bits per heavy atom. The first-order valence-electron chi connectivity index (χ1n) is 12.1. The van der Waals surface area contributed by atoms with Gasteiger partial charge in [0, 0.05) is 40.3 Å². The van der Waals surface area contributed by atoms with Crippen LogP contribution in [0.4, 0.5) is 0 Å². The van der Waals surface area contributed by atoms with Gasteiger partial charge in [-0.3, -0.25) is 0 Å². The van der Waals surface area contributed by atoms with E-state index in [0.717, 1.165) is 6.42 Å². The van der Waals surface area contributed by atoms with Crippen molar-refractivity contribution in [3.63, 3.8) is 0 Å². The highest BCUT2D eigenvalue weighted by Crippen LogP contribution is 2.42. The molecular weight excluding hydrogens is 448 g/mol. The summed E-state index contributed by atoms with van der Waals surface area (Å²) in [5.41, 5.74) is 4.48. The lowest BCUT2D eigenvalue weighted by molar-refractivity contribution is 0.527. The van der Waals surface area contributed by atoms with Gasteiger partial charge in [-0.25, -0.2) is 0 Å². The van der Waals surface area contributed by atoms with Crippen LogP contribution in [0.3, 0.4) is 0 Å². The fourth-order valence-electron chi connectivity index (χ4n) is 5.34. The highest BCUT2D eigenvalue weighted by molar-refractivity contribution is 7.26. The lowest BCUT2D eigenvalue weighted by Crippen LogP contribution is -2.20. The molecule has 0 bridgehead atoms. The smallest absolute Gasteiger partial charge is 0.0358 e. The minimum absolute atomic E-state index is 0.0348. The molecule has 6 aromatic rings.